The van der Waals surface area contributed by atoms with E-state index in [1.54, 1.807) is 32.5 Å². The Morgan fingerprint density at radius 3 is 2.76 bits per heavy atom. The quantitative estimate of drug-likeness (QED) is 0.511. The zero-order chi connectivity index (χ0) is 17.6. The number of fused-ring (bicyclic) bond motifs is 1. The average Bonchev–Trinajstić information content (AvgIpc) is 2.99. The first-order chi connectivity index (χ1) is 12.2. The van der Waals surface area contributed by atoms with Crippen molar-refractivity contribution in [1.82, 2.24) is 14.8 Å². The number of methoxy groups -OCH3 is 1. The molecule has 0 atom stereocenters. The van der Waals surface area contributed by atoms with Crippen LogP contribution in [0.2, 0.25) is 0 Å². The predicted octanol–water partition coefficient (Wildman–Crippen LogP) is 3.06. The summed E-state index contributed by atoms with van der Waals surface area (Å²) in [6.45, 7) is 2.72. The van der Waals surface area contributed by atoms with Crippen molar-refractivity contribution in [3.63, 3.8) is 0 Å². The third kappa shape index (κ3) is 3.85. The molecular weight excluding hydrogens is 318 g/mol. The largest absolute Gasteiger partial charge is 0.497 e. The zero-order valence-corrected chi connectivity index (χ0v) is 14.2. The van der Waals surface area contributed by atoms with Crippen LogP contribution in [-0.4, -0.2) is 34.5 Å². The van der Waals surface area contributed by atoms with Crippen molar-refractivity contribution < 1.29 is 14.3 Å². The average molecular weight is 337 g/mol. The number of carbonyl (C=O) groups excluding carboxylic acids is 1. The minimum Gasteiger partial charge on any atom is -0.497 e. The molecule has 0 spiro atoms. The molecule has 1 aromatic carbocycles. The zero-order valence-electron chi connectivity index (χ0n) is 14.2. The maximum absolute atomic E-state index is 11.5. The highest BCUT2D eigenvalue weighted by Gasteiger charge is 2.09. The minimum absolute atomic E-state index is 0.347. The Bertz CT molecular complexity index is 898. The van der Waals surface area contributed by atoms with Crippen molar-refractivity contribution in [3.8, 4) is 5.75 Å². The van der Waals surface area contributed by atoms with Crippen LogP contribution in [0.1, 0.15) is 18.2 Å². The monoisotopic (exact) mass is 337 g/mol. The molecule has 6 heteroatoms. The van der Waals surface area contributed by atoms with E-state index in [1.807, 2.05) is 35.0 Å². The van der Waals surface area contributed by atoms with Gasteiger partial charge < -0.3 is 9.47 Å². The first-order valence-corrected chi connectivity index (χ1v) is 7.99. The SMILES string of the molecule is CCOC(=O)C=Cc1nn(Cc2ccc(OC)cc2)c2cnccc12. The van der Waals surface area contributed by atoms with E-state index in [2.05, 4.69) is 10.1 Å². The second kappa shape index (κ2) is 7.61. The highest BCUT2D eigenvalue weighted by molar-refractivity contribution is 5.92. The van der Waals surface area contributed by atoms with E-state index < -0.39 is 0 Å². The van der Waals surface area contributed by atoms with Crippen LogP contribution in [0.5, 0.6) is 5.75 Å². The van der Waals surface area contributed by atoms with Crippen molar-refractivity contribution >= 4 is 22.9 Å². The Kier molecular flexibility index (Phi) is 5.09. The predicted molar refractivity (Wildman–Crippen MR) is 95.3 cm³/mol. The number of nitrogens with zero attached hydrogens (tertiary/aromatic N) is 3. The molecule has 0 fully saturated rings. The van der Waals surface area contributed by atoms with E-state index in [0.29, 0.717) is 18.8 Å². The normalized spacial score (nSPS) is 11.1. The number of carbonyl (C=O) groups is 1. The van der Waals surface area contributed by atoms with Gasteiger partial charge in [-0.1, -0.05) is 12.1 Å². The number of pyridine rings is 1. The van der Waals surface area contributed by atoms with Gasteiger partial charge in [0.05, 0.1) is 37.7 Å². The van der Waals surface area contributed by atoms with Gasteiger partial charge in [0.15, 0.2) is 0 Å². The maximum atomic E-state index is 11.5. The molecule has 6 nitrogen and oxygen atoms in total. The Morgan fingerprint density at radius 1 is 1.24 bits per heavy atom. The minimum atomic E-state index is -0.380. The molecule has 3 aromatic rings. The highest BCUT2D eigenvalue weighted by Crippen LogP contribution is 2.20. The molecule has 0 saturated heterocycles. The molecule has 0 amide bonds. The first-order valence-electron chi connectivity index (χ1n) is 7.99. The Balaban J connectivity index is 1.91. The van der Waals surface area contributed by atoms with E-state index in [4.69, 9.17) is 9.47 Å². The summed E-state index contributed by atoms with van der Waals surface area (Å²) >= 11 is 0. The Labute approximate surface area is 145 Å². The van der Waals surface area contributed by atoms with Gasteiger partial charge in [-0.2, -0.15) is 5.10 Å². The summed E-state index contributed by atoms with van der Waals surface area (Å²) in [4.78, 5) is 15.7. The summed E-state index contributed by atoms with van der Waals surface area (Å²) in [5.74, 6) is 0.434. The fraction of sp³-hybridized carbons (Fsp3) is 0.211. The topological polar surface area (TPSA) is 66.2 Å². The van der Waals surface area contributed by atoms with Crippen molar-refractivity contribution in [2.75, 3.05) is 13.7 Å². The number of benzene rings is 1. The van der Waals surface area contributed by atoms with Gasteiger partial charge >= 0.3 is 5.97 Å². The summed E-state index contributed by atoms with van der Waals surface area (Å²) < 4.78 is 12.0. The van der Waals surface area contributed by atoms with E-state index in [0.717, 1.165) is 22.2 Å². The molecule has 0 aliphatic rings. The molecular formula is C19H19N3O3. The number of aromatic nitrogens is 3. The van der Waals surface area contributed by atoms with Crippen molar-refractivity contribution in [2.45, 2.75) is 13.5 Å². The lowest BCUT2D eigenvalue weighted by atomic mass is 10.2. The second-order valence-corrected chi connectivity index (χ2v) is 5.37. The van der Waals surface area contributed by atoms with Crippen LogP contribution >= 0.6 is 0 Å². The van der Waals surface area contributed by atoms with E-state index in [1.165, 1.54) is 6.08 Å². The number of hydrogen-bond acceptors (Lipinski definition) is 5. The van der Waals surface area contributed by atoms with Gasteiger partial charge in [0.25, 0.3) is 0 Å². The van der Waals surface area contributed by atoms with E-state index in [9.17, 15) is 4.79 Å². The molecule has 0 bridgehead atoms. The molecule has 0 radical (unpaired) electrons. The lowest BCUT2D eigenvalue weighted by Crippen LogP contribution is -2.02. The molecule has 3 rings (SSSR count). The molecule has 0 aliphatic carbocycles. The van der Waals surface area contributed by atoms with Gasteiger partial charge in [-0.3, -0.25) is 9.67 Å². The van der Waals surface area contributed by atoms with Gasteiger partial charge in [-0.15, -0.1) is 0 Å². The van der Waals surface area contributed by atoms with Crippen molar-refractivity contribution in [1.29, 1.82) is 0 Å². The molecule has 0 aliphatic heterocycles. The van der Waals surface area contributed by atoms with Gasteiger partial charge in [0, 0.05) is 17.7 Å². The Hall–Kier alpha value is -3.15. The van der Waals surface area contributed by atoms with Gasteiger partial charge in [0.1, 0.15) is 5.75 Å². The van der Waals surface area contributed by atoms with E-state index >= 15 is 0 Å². The standard InChI is InChI=1S/C19H19N3O3/c1-3-25-19(23)9-8-17-16-10-11-20-12-18(16)22(21-17)13-14-4-6-15(24-2)7-5-14/h4-12H,3,13H2,1-2H3. The number of ether oxygens (including phenoxy) is 2. The van der Waals surface area contributed by atoms with E-state index in [-0.39, 0.29) is 5.97 Å². The molecule has 25 heavy (non-hydrogen) atoms. The lowest BCUT2D eigenvalue weighted by Gasteiger charge is -2.05. The van der Waals surface area contributed by atoms with Crippen LogP contribution in [0.15, 0.2) is 48.8 Å². The lowest BCUT2D eigenvalue weighted by molar-refractivity contribution is -0.137. The van der Waals surface area contributed by atoms with Crippen LogP contribution in [0, 0.1) is 0 Å². The second-order valence-electron chi connectivity index (χ2n) is 5.37. The summed E-state index contributed by atoms with van der Waals surface area (Å²) in [5, 5.41) is 5.54. The highest BCUT2D eigenvalue weighted by atomic mass is 16.5. The fourth-order valence-electron chi connectivity index (χ4n) is 2.53. The molecule has 2 heterocycles. The summed E-state index contributed by atoms with van der Waals surface area (Å²) in [7, 11) is 1.64. The van der Waals surface area contributed by atoms with Crippen molar-refractivity contribution in [2.24, 2.45) is 0 Å². The van der Waals surface area contributed by atoms with Gasteiger partial charge in [0.2, 0.25) is 0 Å². The summed E-state index contributed by atoms with van der Waals surface area (Å²) in [5.41, 5.74) is 2.70. The van der Waals surface area contributed by atoms with Gasteiger partial charge in [-0.05, 0) is 36.8 Å². The summed E-state index contributed by atoms with van der Waals surface area (Å²) in [6, 6.07) is 9.72. The number of hydrogen-bond donors (Lipinski definition) is 0. The molecule has 2 aromatic heterocycles. The molecule has 0 N–H and O–H groups in total. The number of rotatable bonds is 6. The van der Waals surface area contributed by atoms with Crippen LogP contribution < -0.4 is 4.74 Å². The summed E-state index contributed by atoms with van der Waals surface area (Å²) in [6.07, 6.45) is 6.55. The van der Waals surface area contributed by atoms with Crippen LogP contribution in [0.4, 0.5) is 0 Å². The number of esters is 1. The van der Waals surface area contributed by atoms with Crippen LogP contribution in [0.3, 0.4) is 0 Å². The van der Waals surface area contributed by atoms with Crippen LogP contribution in [0.25, 0.3) is 17.0 Å². The van der Waals surface area contributed by atoms with Crippen LogP contribution in [-0.2, 0) is 16.1 Å². The molecule has 0 unspecified atom stereocenters. The molecule has 0 saturated carbocycles. The van der Waals surface area contributed by atoms with Gasteiger partial charge in [-0.25, -0.2) is 4.79 Å². The Morgan fingerprint density at radius 2 is 2.04 bits per heavy atom. The third-order valence-corrected chi connectivity index (χ3v) is 3.74. The third-order valence-electron chi connectivity index (χ3n) is 3.74. The fourth-order valence-corrected chi connectivity index (χ4v) is 2.53. The smallest absolute Gasteiger partial charge is 0.330 e. The van der Waals surface area contributed by atoms with Crippen molar-refractivity contribution in [3.05, 3.63) is 60.1 Å². The first kappa shape index (κ1) is 16.7. The maximum Gasteiger partial charge on any atom is 0.330 e. The molecule has 128 valence electrons.